The maximum atomic E-state index is 9.12. The Labute approximate surface area is 102 Å². The van der Waals surface area contributed by atoms with Gasteiger partial charge < -0.3 is 10.2 Å². The lowest BCUT2D eigenvalue weighted by molar-refractivity contribution is 0.298. The van der Waals surface area contributed by atoms with Crippen LogP contribution in [0, 0.1) is 6.92 Å². The van der Waals surface area contributed by atoms with Crippen LogP contribution in [0.15, 0.2) is 30.3 Å². The summed E-state index contributed by atoms with van der Waals surface area (Å²) >= 11 is 0. The van der Waals surface area contributed by atoms with Gasteiger partial charge in [0.2, 0.25) is 0 Å². The van der Waals surface area contributed by atoms with Crippen LogP contribution in [0.1, 0.15) is 16.7 Å². The van der Waals surface area contributed by atoms with E-state index in [0.717, 1.165) is 5.56 Å². The number of aliphatic hydroxyl groups excluding tert-OH is 2. The Bertz CT molecular complexity index is 518. The van der Waals surface area contributed by atoms with E-state index in [-0.39, 0.29) is 13.2 Å². The topological polar surface area (TPSA) is 40.5 Å². The summed E-state index contributed by atoms with van der Waals surface area (Å²) in [7, 11) is 0. The van der Waals surface area contributed by atoms with Crippen molar-refractivity contribution in [2.24, 2.45) is 0 Å². The molecule has 0 spiro atoms. The van der Waals surface area contributed by atoms with Crippen molar-refractivity contribution in [2.45, 2.75) is 19.8 Å². The molecule has 0 saturated carbocycles. The molecule has 0 amide bonds. The van der Waals surface area contributed by atoms with Crippen molar-refractivity contribution in [1.29, 1.82) is 0 Å². The molecule has 17 heavy (non-hydrogen) atoms. The second-order valence-corrected chi connectivity index (χ2v) is 4.31. The highest BCUT2D eigenvalue weighted by atomic mass is 16.3. The van der Waals surface area contributed by atoms with E-state index in [4.69, 9.17) is 10.2 Å². The van der Waals surface area contributed by atoms with Gasteiger partial charge in [0, 0.05) is 13.2 Å². The summed E-state index contributed by atoms with van der Waals surface area (Å²) in [5, 5.41) is 20.6. The minimum absolute atomic E-state index is 0.158. The molecule has 0 radical (unpaired) electrons. The lowest BCUT2D eigenvalue weighted by Gasteiger charge is -2.13. The third-order valence-corrected chi connectivity index (χ3v) is 3.27. The van der Waals surface area contributed by atoms with Gasteiger partial charge in [-0.25, -0.2) is 0 Å². The van der Waals surface area contributed by atoms with Gasteiger partial charge in [-0.05, 0) is 47.2 Å². The maximum absolute atomic E-state index is 9.12. The highest BCUT2D eigenvalue weighted by Crippen LogP contribution is 2.26. The molecule has 2 N–H and O–H groups in total. The first-order chi connectivity index (χ1) is 8.27. The Hall–Kier alpha value is -1.38. The van der Waals surface area contributed by atoms with E-state index >= 15 is 0 Å². The molecule has 2 nitrogen and oxygen atoms in total. The molecule has 0 atom stereocenters. The van der Waals surface area contributed by atoms with E-state index in [2.05, 4.69) is 25.1 Å². The summed E-state index contributed by atoms with van der Waals surface area (Å²) in [6.07, 6.45) is 1.34. The average molecular weight is 230 g/mol. The normalized spacial score (nSPS) is 11.0. The second-order valence-electron chi connectivity index (χ2n) is 4.31. The first-order valence-corrected chi connectivity index (χ1v) is 5.99. The lowest BCUT2D eigenvalue weighted by Crippen LogP contribution is -2.00. The molecule has 0 heterocycles. The molecular weight excluding hydrogens is 212 g/mol. The van der Waals surface area contributed by atoms with Crippen molar-refractivity contribution >= 4 is 10.8 Å². The molecule has 0 aliphatic heterocycles. The van der Waals surface area contributed by atoms with Gasteiger partial charge in [0.25, 0.3) is 0 Å². The zero-order valence-electron chi connectivity index (χ0n) is 10.1. The smallest absolute Gasteiger partial charge is 0.0471 e. The number of aliphatic hydroxyl groups is 2. The molecule has 0 fully saturated rings. The van der Waals surface area contributed by atoms with Crippen molar-refractivity contribution in [3.8, 4) is 0 Å². The van der Waals surface area contributed by atoms with E-state index in [9.17, 15) is 0 Å². The molecule has 90 valence electrons. The van der Waals surface area contributed by atoms with Gasteiger partial charge in [0.1, 0.15) is 0 Å². The first kappa shape index (κ1) is 12.1. The minimum Gasteiger partial charge on any atom is -0.396 e. The van der Waals surface area contributed by atoms with Gasteiger partial charge in [0.15, 0.2) is 0 Å². The van der Waals surface area contributed by atoms with Crippen molar-refractivity contribution in [2.75, 3.05) is 13.2 Å². The van der Waals surface area contributed by atoms with Gasteiger partial charge >= 0.3 is 0 Å². The minimum atomic E-state index is 0.158. The van der Waals surface area contributed by atoms with E-state index < -0.39 is 0 Å². The molecule has 0 aliphatic carbocycles. The zero-order chi connectivity index (χ0) is 12.3. The number of aryl methyl sites for hydroxylation is 1. The van der Waals surface area contributed by atoms with Crippen LogP contribution in [0.2, 0.25) is 0 Å². The van der Waals surface area contributed by atoms with Gasteiger partial charge in [-0.3, -0.25) is 0 Å². The first-order valence-electron chi connectivity index (χ1n) is 5.99. The van der Waals surface area contributed by atoms with Crippen LogP contribution in [0.25, 0.3) is 10.8 Å². The van der Waals surface area contributed by atoms with Crippen LogP contribution in [0.3, 0.4) is 0 Å². The number of fused-ring (bicyclic) bond motifs is 1. The molecule has 2 heteroatoms. The summed E-state index contributed by atoms with van der Waals surface area (Å²) in [5.41, 5.74) is 3.57. The Kier molecular flexibility index (Phi) is 3.77. The lowest BCUT2D eigenvalue weighted by atomic mass is 9.93. The molecule has 0 saturated heterocycles. The van der Waals surface area contributed by atoms with Crippen molar-refractivity contribution < 1.29 is 10.2 Å². The van der Waals surface area contributed by atoms with E-state index in [1.54, 1.807) is 0 Å². The number of hydrogen-bond donors (Lipinski definition) is 2. The third-order valence-electron chi connectivity index (χ3n) is 3.27. The number of rotatable bonds is 4. The van der Waals surface area contributed by atoms with E-state index in [1.807, 2.05) is 12.1 Å². The predicted octanol–water partition coefficient (Wildman–Crippen LogP) is 2.22. The Morgan fingerprint density at radius 1 is 0.882 bits per heavy atom. The molecule has 0 aromatic heterocycles. The third kappa shape index (κ3) is 2.33. The highest BCUT2D eigenvalue weighted by molar-refractivity contribution is 5.89. The largest absolute Gasteiger partial charge is 0.396 e. The summed E-state index contributed by atoms with van der Waals surface area (Å²) in [4.78, 5) is 0. The van der Waals surface area contributed by atoms with Crippen LogP contribution >= 0.6 is 0 Å². The fourth-order valence-corrected chi connectivity index (χ4v) is 2.37. The van der Waals surface area contributed by atoms with Crippen LogP contribution in [-0.2, 0) is 12.8 Å². The van der Waals surface area contributed by atoms with Gasteiger partial charge in [-0.1, -0.05) is 30.3 Å². The summed E-state index contributed by atoms with van der Waals surface area (Å²) in [6, 6.07) is 10.4. The van der Waals surface area contributed by atoms with Crippen LogP contribution in [0.4, 0.5) is 0 Å². The summed E-state index contributed by atoms with van der Waals surface area (Å²) in [5.74, 6) is 0. The highest BCUT2D eigenvalue weighted by Gasteiger charge is 2.08. The fraction of sp³-hybridized carbons (Fsp3) is 0.333. The number of benzene rings is 2. The monoisotopic (exact) mass is 230 g/mol. The molecular formula is C15H18O2. The quantitative estimate of drug-likeness (QED) is 0.845. The predicted molar refractivity (Wildman–Crippen MR) is 70.3 cm³/mol. The van der Waals surface area contributed by atoms with Crippen molar-refractivity contribution in [1.82, 2.24) is 0 Å². The summed E-state index contributed by atoms with van der Waals surface area (Å²) < 4.78 is 0. The standard InChI is InChI=1S/C15H18O2/c1-11-12(6-8-16)10-13(7-9-17)15-5-3-2-4-14(11)15/h2-5,10,16-17H,6-9H2,1H3. The Morgan fingerprint density at radius 2 is 1.47 bits per heavy atom. The van der Waals surface area contributed by atoms with Gasteiger partial charge in [0.05, 0.1) is 0 Å². The molecule has 0 unspecified atom stereocenters. The van der Waals surface area contributed by atoms with Crippen LogP contribution < -0.4 is 0 Å². The SMILES string of the molecule is Cc1c(CCO)cc(CCO)c2ccccc12. The Balaban J connectivity index is 2.66. The second kappa shape index (κ2) is 5.30. The molecule has 2 aromatic carbocycles. The maximum Gasteiger partial charge on any atom is 0.0471 e. The fourth-order valence-electron chi connectivity index (χ4n) is 2.37. The molecule has 2 rings (SSSR count). The summed E-state index contributed by atoms with van der Waals surface area (Å²) in [6.45, 7) is 2.42. The number of hydrogen-bond acceptors (Lipinski definition) is 2. The van der Waals surface area contributed by atoms with E-state index in [1.165, 1.54) is 21.9 Å². The van der Waals surface area contributed by atoms with Crippen LogP contribution in [0.5, 0.6) is 0 Å². The molecule has 0 aliphatic rings. The molecule has 2 aromatic rings. The van der Waals surface area contributed by atoms with Crippen LogP contribution in [-0.4, -0.2) is 23.4 Å². The van der Waals surface area contributed by atoms with Gasteiger partial charge in [-0.15, -0.1) is 0 Å². The molecule has 0 bridgehead atoms. The van der Waals surface area contributed by atoms with Crippen molar-refractivity contribution in [3.05, 3.63) is 47.0 Å². The zero-order valence-corrected chi connectivity index (χ0v) is 10.1. The Morgan fingerprint density at radius 3 is 2.12 bits per heavy atom. The van der Waals surface area contributed by atoms with Gasteiger partial charge in [-0.2, -0.15) is 0 Å². The van der Waals surface area contributed by atoms with Crippen molar-refractivity contribution in [3.63, 3.8) is 0 Å². The average Bonchev–Trinajstić information content (AvgIpc) is 2.36. The van der Waals surface area contributed by atoms with E-state index in [0.29, 0.717) is 12.8 Å².